The molecule has 2 aromatic carbocycles. The summed E-state index contributed by atoms with van der Waals surface area (Å²) in [6.45, 7) is 6.76. The second-order valence-corrected chi connectivity index (χ2v) is 13.3. The van der Waals surface area contributed by atoms with Crippen LogP contribution in [0.1, 0.15) is 29.5 Å². The minimum absolute atomic E-state index is 0.0746. The second kappa shape index (κ2) is 33.6. The fourth-order valence-corrected chi connectivity index (χ4v) is 5.37. The van der Waals surface area contributed by atoms with Crippen LogP contribution < -0.4 is 31.9 Å². The van der Waals surface area contributed by atoms with E-state index in [2.05, 4.69) is 33.1 Å². The minimum atomic E-state index is -0.491. The van der Waals surface area contributed by atoms with Gasteiger partial charge in [0.1, 0.15) is 0 Å². The fraction of sp³-hybridized carbons (Fsp3) is 0.558. The van der Waals surface area contributed by atoms with Crippen molar-refractivity contribution in [2.75, 3.05) is 143 Å². The van der Waals surface area contributed by atoms with E-state index < -0.39 is 11.8 Å². The van der Waals surface area contributed by atoms with Gasteiger partial charge in [-0.25, -0.2) is 0 Å². The average molecular weight is 871 g/mol. The Morgan fingerprint density at radius 2 is 0.887 bits per heavy atom. The summed E-state index contributed by atoms with van der Waals surface area (Å²) < 4.78 is 43.8. The molecule has 3 rings (SSSR count). The lowest BCUT2D eigenvalue weighted by Crippen LogP contribution is -2.43. The largest absolute Gasteiger partial charge is 0.377 e. The number of hydrogen-bond acceptors (Lipinski definition) is 14. The van der Waals surface area contributed by atoms with Gasteiger partial charge < -0.3 is 69.8 Å². The maximum Gasteiger partial charge on any atom is 0.239 e. The Hall–Kier alpha value is -5.01. The molecule has 1 heterocycles. The highest BCUT2D eigenvalue weighted by Gasteiger charge is 2.21. The number of nitrogens with zero attached hydrogens (tertiary/aromatic N) is 1. The van der Waals surface area contributed by atoms with Gasteiger partial charge in [-0.1, -0.05) is 42.2 Å². The molecule has 0 bridgehead atoms. The number of ether oxygens (including phenoxy) is 8. The van der Waals surface area contributed by atoms with Gasteiger partial charge in [0.15, 0.2) is 0 Å². The quantitative estimate of drug-likeness (QED) is 0.0425. The van der Waals surface area contributed by atoms with E-state index in [1.54, 1.807) is 4.90 Å². The smallest absolute Gasteiger partial charge is 0.239 e. The van der Waals surface area contributed by atoms with Crippen LogP contribution >= 0.6 is 0 Å². The summed E-state index contributed by atoms with van der Waals surface area (Å²) in [6.07, 6.45) is 0.151. The summed E-state index contributed by atoms with van der Waals surface area (Å²) in [5.41, 5.74) is 8.50. The third-order valence-corrected chi connectivity index (χ3v) is 8.56. The second-order valence-electron chi connectivity index (χ2n) is 13.3. The summed E-state index contributed by atoms with van der Waals surface area (Å²) >= 11 is 0. The molecule has 0 saturated heterocycles. The highest BCUT2D eigenvalue weighted by molar-refractivity contribution is 5.97. The van der Waals surface area contributed by atoms with Crippen molar-refractivity contribution in [1.29, 1.82) is 0 Å². The molecule has 0 unspecified atom stereocenters. The number of para-hydroxylation sites is 1. The monoisotopic (exact) mass is 870 g/mol. The van der Waals surface area contributed by atoms with Crippen molar-refractivity contribution in [1.82, 2.24) is 21.3 Å². The first-order valence-electron chi connectivity index (χ1n) is 20.8. The van der Waals surface area contributed by atoms with E-state index in [0.717, 1.165) is 22.4 Å². The Kier molecular flexibility index (Phi) is 27.8. The summed E-state index contributed by atoms with van der Waals surface area (Å²) in [5, 5.41) is 10.1. The van der Waals surface area contributed by atoms with E-state index >= 15 is 0 Å². The normalized spacial score (nSPS) is 11.6. The number of carbonyl (C=O) groups is 5. The topological polar surface area (TPSA) is 237 Å². The van der Waals surface area contributed by atoms with Crippen molar-refractivity contribution >= 4 is 35.2 Å². The lowest BCUT2D eigenvalue weighted by molar-refractivity contribution is -0.127. The van der Waals surface area contributed by atoms with E-state index in [-0.39, 0.29) is 56.7 Å². The van der Waals surface area contributed by atoms with Crippen molar-refractivity contribution < 1.29 is 61.9 Å². The van der Waals surface area contributed by atoms with Gasteiger partial charge in [-0.3, -0.25) is 24.0 Å². The Bertz CT molecular complexity index is 1690. The van der Waals surface area contributed by atoms with Gasteiger partial charge in [0, 0.05) is 37.1 Å². The zero-order valence-corrected chi connectivity index (χ0v) is 35.4. The van der Waals surface area contributed by atoms with Crippen molar-refractivity contribution in [3.8, 4) is 11.8 Å². The highest BCUT2D eigenvalue weighted by Crippen LogP contribution is 2.26. The maximum atomic E-state index is 13.3. The minimum Gasteiger partial charge on any atom is -0.377 e. The van der Waals surface area contributed by atoms with Gasteiger partial charge in [-0.05, 0) is 23.8 Å². The number of rotatable bonds is 35. The first-order valence-corrected chi connectivity index (χ1v) is 20.8. The van der Waals surface area contributed by atoms with Crippen LogP contribution in [0.4, 0.5) is 5.69 Å². The number of benzene rings is 2. The van der Waals surface area contributed by atoms with E-state index in [4.69, 9.17) is 43.6 Å². The van der Waals surface area contributed by atoms with Crippen LogP contribution in [0.15, 0.2) is 48.5 Å². The number of amides is 5. The number of fused-ring (bicyclic) bond motifs is 2. The molecule has 1 aliphatic heterocycles. The van der Waals surface area contributed by atoms with Crippen LogP contribution in [-0.4, -0.2) is 168 Å². The summed E-state index contributed by atoms with van der Waals surface area (Å²) in [7, 11) is 0. The van der Waals surface area contributed by atoms with Crippen LogP contribution in [0.2, 0.25) is 0 Å². The average Bonchev–Trinajstić information content (AvgIpc) is 3.28. The van der Waals surface area contributed by atoms with Gasteiger partial charge in [0.2, 0.25) is 29.5 Å². The molecule has 0 aliphatic carbocycles. The summed E-state index contributed by atoms with van der Waals surface area (Å²) in [5.74, 6) is 4.71. The van der Waals surface area contributed by atoms with E-state index in [1.165, 1.54) is 0 Å². The predicted octanol–water partition coefficient (Wildman–Crippen LogP) is -0.730. The molecular weight excluding hydrogens is 809 g/mol. The Balaban J connectivity index is 0.999. The molecule has 62 heavy (non-hydrogen) atoms. The van der Waals surface area contributed by atoms with Crippen molar-refractivity contribution in [2.24, 2.45) is 5.73 Å². The third-order valence-electron chi connectivity index (χ3n) is 8.56. The van der Waals surface area contributed by atoms with Gasteiger partial charge >= 0.3 is 0 Å². The molecule has 19 nitrogen and oxygen atoms in total. The van der Waals surface area contributed by atoms with Crippen LogP contribution in [0.25, 0.3) is 0 Å². The van der Waals surface area contributed by atoms with E-state index in [1.807, 2.05) is 48.5 Å². The van der Waals surface area contributed by atoms with Crippen molar-refractivity contribution in [2.45, 2.75) is 19.4 Å². The Morgan fingerprint density at radius 1 is 0.484 bits per heavy atom. The third kappa shape index (κ3) is 23.8. The molecule has 0 saturated carbocycles. The Morgan fingerprint density at radius 3 is 1.40 bits per heavy atom. The molecule has 6 N–H and O–H groups in total. The van der Waals surface area contributed by atoms with Gasteiger partial charge in [-0.2, -0.15) is 0 Å². The van der Waals surface area contributed by atoms with E-state index in [0.29, 0.717) is 119 Å². The van der Waals surface area contributed by atoms with Crippen LogP contribution in [-0.2, 0) is 68.4 Å². The number of carbonyl (C=O) groups excluding carboxylic acids is 5. The molecule has 19 heteroatoms. The number of nitrogens with one attached hydrogen (secondary N) is 4. The molecule has 1 aliphatic rings. The van der Waals surface area contributed by atoms with Crippen LogP contribution in [0, 0.1) is 11.8 Å². The van der Waals surface area contributed by atoms with Crippen LogP contribution in [0.5, 0.6) is 0 Å². The zero-order valence-electron chi connectivity index (χ0n) is 35.4. The molecule has 0 fully saturated rings. The highest BCUT2D eigenvalue weighted by atomic mass is 16.6. The van der Waals surface area contributed by atoms with Crippen LogP contribution in [0.3, 0.4) is 0 Å². The molecule has 5 amide bonds. The van der Waals surface area contributed by atoms with Gasteiger partial charge in [-0.15, -0.1) is 0 Å². The number of nitrogens with two attached hydrogens (primary N) is 1. The number of hydrogen-bond donors (Lipinski definition) is 5. The molecule has 0 aromatic heterocycles. The SMILES string of the molecule is NCC(=O)NCC(=O)NCC(=O)NCCOCCOCCOCCOCCOCCOCCOCCOCCNC(=O)CCC(=O)N1Cc2ccccc2C#Cc2ccccc21. The predicted molar refractivity (Wildman–Crippen MR) is 227 cm³/mol. The molecule has 2 aromatic rings. The van der Waals surface area contributed by atoms with E-state index in [9.17, 15) is 24.0 Å². The molecule has 0 spiro atoms. The molecule has 0 atom stereocenters. The summed E-state index contributed by atoms with van der Waals surface area (Å²) in [4.78, 5) is 61.7. The van der Waals surface area contributed by atoms with Gasteiger partial charge in [0.25, 0.3) is 0 Å². The van der Waals surface area contributed by atoms with Crippen molar-refractivity contribution in [3.63, 3.8) is 0 Å². The maximum absolute atomic E-state index is 13.3. The first kappa shape index (κ1) is 51.3. The van der Waals surface area contributed by atoms with Gasteiger partial charge in [0.05, 0.1) is 138 Å². The Labute approximate surface area is 363 Å². The lowest BCUT2D eigenvalue weighted by atomic mass is 10.0. The summed E-state index contributed by atoms with van der Waals surface area (Å²) in [6, 6.07) is 15.3. The van der Waals surface area contributed by atoms with Crippen molar-refractivity contribution in [3.05, 3.63) is 65.2 Å². The lowest BCUT2D eigenvalue weighted by Gasteiger charge is -2.26. The zero-order chi connectivity index (χ0) is 44.3. The fourth-order valence-electron chi connectivity index (χ4n) is 5.37. The first-order chi connectivity index (χ1) is 30.4. The molecular formula is C43H62N6O13. The molecule has 342 valence electrons. The number of anilines is 1. The standard InChI is InChI=1S/C43H62N6O13/c44-31-40(51)47-33-42(53)48-32-41(52)46-14-16-56-18-20-58-22-24-60-26-28-62-30-29-61-27-25-59-23-21-57-19-17-55-15-13-45-39(50)11-12-43(54)49-34-37-7-2-1-5-35(37)9-10-36-6-3-4-8-38(36)49/h1-8H,11-34,44H2,(H,45,50)(H,46,52)(H,47,51)(H,48,53). The molecule has 0 radical (unpaired) electrons.